The summed E-state index contributed by atoms with van der Waals surface area (Å²) >= 11 is 5.48. The fraction of sp³-hybridized carbons (Fsp3) is 0.133. The van der Waals surface area contributed by atoms with E-state index in [2.05, 4.69) is 10.6 Å². The number of rotatable bonds is 5. The fourth-order valence-electron chi connectivity index (χ4n) is 1.85. The third kappa shape index (κ3) is 3.95. The number of phenols is 1. The van der Waals surface area contributed by atoms with Crippen LogP contribution in [-0.4, -0.2) is 28.6 Å². The molecule has 0 spiro atoms. The summed E-state index contributed by atoms with van der Waals surface area (Å²) in [5, 5.41) is 15.2. The lowest BCUT2D eigenvalue weighted by Gasteiger charge is -2.13. The van der Waals surface area contributed by atoms with Crippen molar-refractivity contribution in [1.82, 2.24) is 5.01 Å². The number of amides is 2. The lowest BCUT2D eigenvalue weighted by atomic mass is 10.1. The maximum Gasteiger partial charge on any atom is 0.344 e. The zero-order valence-corrected chi connectivity index (χ0v) is 12.3. The Kier molecular flexibility index (Phi) is 5.32. The number of hydrogen-bond donors (Lipinski definition) is 2. The highest BCUT2D eigenvalue weighted by Crippen LogP contribution is 2.23. The molecule has 6 nitrogen and oxygen atoms in total. The first-order valence-electron chi connectivity index (χ1n) is 6.51. The first-order chi connectivity index (χ1) is 10.6. The smallest absolute Gasteiger partial charge is 0.344 e. The topological polar surface area (TPSA) is 82.0 Å². The van der Waals surface area contributed by atoms with Crippen molar-refractivity contribution in [3.8, 4) is 16.9 Å². The highest BCUT2D eigenvalue weighted by Gasteiger charge is 2.13. The van der Waals surface area contributed by atoms with Gasteiger partial charge >= 0.3 is 6.03 Å². The second-order valence-corrected chi connectivity index (χ2v) is 4.83. The van der Waals surface area contributed by atoms with Crippen LogP contribution in [-0.2, 0) is 0 Å². The monoisotopic (exact) mass is 319 g/mol. The summed E-state index contributed by atoms with van der Waals surface area (Å²) in [4.78, 5) is 22.3. The molecule has 22 heavy (non-hydrogen) atoms. The summed E-state index contributed by atoms with van der Waals surface area (Å²) in [6, 6.07) is 13.2. The molecule has 0 aliphatic heterocycles. The van der Waals surface area contributed by atoms with Gasteiger partial charge in [0.1, 0.15) is 5.75 Å². The number of hydrogen-bond acceptors (Lipinski definition) is 4. The van der Waals surface area contributed by atoms with E-state index in [1.165, 1.54) is 0 Å². The van der Waals surface area contributed by atoms with Gasteiger partial charge in [0.2, 0.25) is 0 Å². The van der Waals surface area contributed by atoms with Gasteiger partial charge < -0.3 is 10.4 Å². The number of carbonyl (C=O) groups is 1. The van der Waals surface area contributed by atoms with Crippen molar-refractivity contribution in [3.05, 3.63) is 53.4 Å². The number of halogens is 1. The molecule has 0 bridgehead atoms. The average molecular weight is 320 g/mol. The van der Waals surface area contributed by atoms with Gasteiger partial charge in [-0.15, -0.1) is 16.5 Å². The number of nitrogens with zero attached hydrogens (tertiary/aromatic N) is 2. The second-order valence-electron chi connectivity index (χ2n) is 4.45. The predicted molar refractivity (Wildman–Crippen MR) is 85.8 cm³/mol. The van der Waals surface area contributed by atoms with E-state index < -0.39 is 6.03 Å². The van der Waals surface area contributed by atoms with Crippen LogP contribution in [0.25, 0.3) is 11.1 Å². The third-order valence-electron chi connectivity index (χ3n) is 2.97. The minimum absolute atomic E-state index is 0.0441. The molecule has 0 atom stereocenters. The molecule has 0 unspecified atom stereocenters. The largest absolute Gasteiger partial charge is 0.508 e. The van der Waals surface area contributed by atoms with Gasteiger partial charge in [-0.2, -0.15) is 5.01 Å². The molecule has 0 fully saturated rings. The van der Waals surface area contributed by atoms with Crippen LogP contribution in [0, 0.1) is 4.91 Å². The van der Waals surface area contributed by atoms with Gasteiger partial charge in [-0.25, -0.2) is 4.79 Å². The zero-order valence-electron chi connectivity index (χ0n) is 11.6. The number of urea groups is 1. The molecule has 0 saturated carbocycles. The highest BCUT2D eigenvalue weighted by molar-refractivity contribution is 6.18. The molecule has 0 aromatic heterocycles. The first-order valence-corrected chi connectivity index (χ1v) is 7.04. The SMILES string of the molecule is O=NN(CCCl)C(=O)Nc1ccc(-c2ccc(O)cc2)cc1. The Morgan fingerprint density at radius 2 is 1.64 bits per heavy atom. The van der Waals surface area contributed by atoms with Crippen molar-refractivity contribution in [2.24, 2.45) is 5.29 Å². The minimum Gasteiger partial charge on any atom is -0.508 e. The van der Waals surface area contributed by atoms with E-state index in [0.29, 0.717) is 5.69 Å². The van der Waals surface area contributed by atoms with Crippen molar-refractivity contribution in [3.63, 3.8) is 0 Å². The van der Waals surface area contributed by atoms with Crippen LogP contribution in [0.1, 0.15) is 0 Å². The second kappa shape index (κ2) is 7.42. The predicted octanol–water partition coefficient (Wildman–Crippen LogP) is 3.81. The summed E-state index contributed by atoms with van der Waals surface area (Å²) in [5.74, 6) is 0.326. The van der Waals surface area contributed by atoms with E-state index >= 15 is 0 Å². The van der Waals surface area contributed by atoms with E-state index in [-0.39, 0.29) is 18.2 Å². The van der Waals surface area contributed by atoms with E-state index in [9.17, 15) is 14.8 Å². The highest BCUT2D eigenvalue weighted by atomic mass is 35.5. The number of nitroso groups, excluding NO2 is 1. The first kappa shape index (κ1) is 15.8. The molecule has 0 heterocycles. The van der Waals surface area contributed by atoms with Gasteiger partial charge in [0.25, 0.3) is 0 Å². The number of phenolic OH excluding ortho intramolecular Hbond substituents is 1. The van der Waals surface area contributed by atoms with E-state index in [0.717, 1.165) is 16.1 Å². The van der Waals surface area contributed by atoms with Gasteiger partial charge in [-0.1, -0.05) is 24.3 Å². The number of alkyl halides is 1. The molecule has 2 N–H and O–H groups in total. The van der Waals surface area contributed by atoms with Crippen LogP contribution in [0.4, 0.5) is 10.5 Å². The van der Waals surface area contributed by atoms with Gasteiger partial charge in [0.15, 0.2) is 0 Å². The number of anilines is 1. The Bertz CT molecular complexity index is 644. The van der Waals surface area contributed by atoms with Crippen molar-refractivity contribution in [1.29, 1.82) is 0 Å². The van der Waals surface area contributed by atoms with E-state index in [1.54, 1.807) is 36.4 Å². The maximum absolute atomic E-state index is 11.8. The van der Waals surface area contributed by atoms with Crippen LogP contribution in [0.15, 0.2) is 53.8 Å². The maximum atomic E-state index is 11.8. The van der Waals surface area contributed by atoms with E-state index in [1.807, 2.05) is 12.1 Å². The summed E-state index contributed by atoms with van der Waals surface area (Å²) < 4.78 is 0. The third-order valence-corrected chi connectivity index (χ3v) is 3.14. The Hall–Kier alpha value is -2.60. The van der Waals surface area contributed by atoms with Crippen LogP contribution in [0.5, 0.6) is 5.75 Å². The molecule has 2 aromatic rings. The molecule has 2 amide bonds. The molecule has 2 aromatic carbocycles. The number of nitrogens with one attached hydrogen (secondary N) is 1. The van der Waals surface area contributed by atoms with Gasteiger partial charge in [-0.05, 0) is 35.4 Å². The van der Waals surface area contributed by atoms with Crippen molar-refractivity contribution >= 4 is 23.3 Å². The molecule has 0 radical (unpaired) electrons. The average Bonchev–Trinajstić information content (AvgIpc) is 2.54. The standard InChI is InChI=1S/C15H14ClN3O3/c16-9-10-19(18-22)15(21)17-13-5-1-11(2-6-13)12-3-7-14(20)8-4-12/h1-8,20H,9-10H2,(H,17,21). The summed E-state index contributed by atoms with van der Waals surface area (Å²) in [7, 11) is 0. The van der Waals surface area contributed by atoms with Gasteiger partial charge in [0, 0.05) is 11.6 Å². The Labute approximate surface area is 132 Å². The van der Waals surface area contributed by atoms with Crippen LogP contribution >= 0.6 is 11.6 Å². The lowest BCUT2D eigenvalue weighted by Crippen LogP contribution is -2.31. The van der Waals surface area contributed by atoms with Crippen LogP contribution in [0.3, 0.4) is 0 Å². The van der Waals surface area contributed by atoms with Gasteiger partial charge in [0.05, 0.1) is 11.8 Å². The number of benzene rings is 2. The number of carbonyl (C=O) groups excluding carboxylic acids is 1. The Morgan fingerprint density at radius 3 is 2.14 bits per heavy atom. The van der Waals surface area contributed by atoms with Crippen molar-refractivity contribution < 1.29 is 9.90 Å². The van der Waals surface area contributed by atoms with Crippen LogP contribution < -0.4 is 5.32 Å². The molecule has 7 heteroatoms. The number of aromatic hydroxyl groups is 1. The van der Waals surface area contributed by atoms with E-state index in [4.69, 9.17) is 11.6 Å². The summed E-state index contributed by atoms with van der Waals surface area (Å²) in [6.07, 6.45) is 0. The molecule has 0 aliphatic rings. The molecular formula is C15H14ClN3O3. The molecule has 0 aliphatic carbocycles. The van der Waals surface area contributed by atoms with Crippen LogP contribution in [0.2, 0.25) is 0 Å². The lowest BCUT2D eigenvalue weighted by molar-refractivity contribution is 0.216. The Morgan fingerprint density at radius 1 is 1.09 bits per heavy atom. The summed E-state index contributed by atoms with van der Waals surface area (Å²) in [6.45, 7) is 0.0441. The van der Waals surface area contributed by atoms with Crippen molar-refractivity contribution in [2.45, 2.75) is 0 Å². The Balaban J connectivity index is 2.07. The molecule has 0 saturated heterocycles. The molecule has 114 valence electrons. The normalized spacial score (nSPS) is 10.0. The molecular weight excluding hydrogens is 306 g/mol. The fourth-order valence-corrected chi connectivity index (χ4v) is 2.01. The molecule has 2 rings (SSSR count). The zero-order chi connectivity index (χ0) is 15.9. The summed E-state index contributed by atoms with van der Waals surface area (Å²) in [5.41, 5.74) is 2.41. The van der Waals surface area contributed by atoms with Crippen molar-refractivity contribution in [2.75, 3.05) is 17.7 Å². The minimum atomic E-state index is -0.631. The van der Waals surface area contributed by atoms with Gasteiger partial charge in [-0.3, -0.25) is 0 Å². The quantitative estimate of drug-likeness (QED) is 0.499.